The summed E-state index contributed by atoms with van der Waals surface area (Å²) in [6, 6.07) is 0. The molecule has 11 heavy (non-hydrogen) atoms. The molecule has 4 aliphatic rings. The van der Waals surface area contributed by atoms with Crippen LogP contribution in [0.2, 0.25) is 0 Å². The van der Waals surface area contributed by atoms with Gasteiger partial charge in [-0.25, -0.2) is 0 Å². The molecule has 0 aromatic rings. The molecule has 0 N–H and O–H groups in total. The van der Waals surface area contributed by atoms with Crippen molar-refractivity contribution in [2.45, 2.75) is 25.0 Å². The van der Waals surface area contributed by atoms with Crippen LogP contribution in [-0.4, -0.2) is 18.0 Å². The summed E-state index contributed by atoms with van der Waals surface area (Å²) in [6.45, 7) is 0. The monoisotopic (exact) mass is 150 g/mol. The van der Waals surface area contributed by atoms with E-state index in [4.69, 9.17) is 4.74 Å². The zero-order chi connectivity index (χ0) is 7.42. The predicted molar refractivity (Wildman–Crippen MR) is 39.0 cm³/mol. The molecule has 2 bridgehead atoms. The lowest BCUT2D eigenvalue weighted by Crippen LogP contribution is -2.24. The summed E-state index contributed by atoms with van der Waals surface area (Å²) in [5, 5.41) is 0. The van der Waals surface area contributed by atoms with Gasteiger partial charge in [-0.2, -0.15) is 0 Å². The first-order valence-corrected chi connectivity index (χ1v) is 4.24. The van der Waals surface area contributed by atoms with Crippen molar-refractivity contribution in [2.75, 3.05) is 0 Å². The van der Waals surface area contributed by atoms with Crippen molar-refractivity contribution in [3.63, 3.8) is 0 Å². The summed E-state index contributed by atoms with van der Waals surface area (Å²) in [5.41, 5.74) is 0. The van der Waals surface area contributed by atoms with E-state index in [-0.39, 0.29) is 17.8 Å². The summed E-state index contributed by atoms with van der Waals surface area (Å²) in [4.78, 5) is 11.3. The van der Waals surface area contributed by atoms with E-state index in [9.17, 15) is 4.79 Å². The third-order valence-corrected chi connectivity index (χ3v) is 3.06. The fourth-order valence-electron chi connectivity index (χ4n) is 2.36. The van der Waals surface area contributed by atoms with Gasteiger partial charge in [-0.05, 0) is 18.9 Å². The molecule has 1 heterocycles. The Hall–Kier alpha value is -0.630. The molecule has 4 atom stereocenters. The Labute approximate surface area is 65.2 Å². The minimum absolute atomic E-state index is 0.204. The summed E-state index contributed by atoms with van der Waals surface area (Å²) in [7, 11) is 0. The van der Waals surface area contributed by atoms with Gasteiger partial charge in [0.25, 0.3) is 0 Å². The number of epoxide rings is 1. The van der Waals surface area contributed by atoms with E-state index in [1.807, 2.05) is 6.08 Å². The highest BCUT2D eigenvalue weighted by molar-refractivity contribution is 5.93. The van der Waals surface area contributed by atoms with Gasteiger partial charge in [0.2, 0.25) is 0 Å². The van der Waals surface area contributed by atoms with E-state index in [1.165, 1.54) is 0 Å². The molecular weight excluding hydrogens is 140 g/mol. The maximum absolute atomic E-state index is 11.3. The zero-order valence-corrected chi connectivity index (χ0v) is 6.19. The van der Waals surface area contributed by atoms with Gasteiger partial charge in [0.15, 0.2) is 5.78 Å². The molecule has 2 heteroatoms. The third kappa shape index (κ3) is 0.679. The van der Waals surface area contributed by atoms with E-state index in [0.29, 0.717) is 12.0 Å². The van der Waals surface area contributed by atoms with E-state index in [1.54, 1.807) is 6.08 Å². The summed E-state index contributed by atoms with van der Waals surface area (Å²) >= 11 is 0. The molecule has 0 aromatic carbocycles. The Morgan fingerprint density at radius 2 is 2.27 bits per heavy atom. The number of rotatable bonds is 0. The fraction of sp³-hybridized carbons (Fsp3) is 0.667. The number of hydrogen-bond donors (Lipinski definition) is 0. The minimum atomic E-state index is 0.204. The quantitative estimate of drug-likeness (QED) is 0.480. The maximum atomic E-state index is 11.3. The van der Waals surface area contributed by atoms with Crippen LogP contribution in [0, 0.1) is 11.8 Å². The SMILES string of the molecule is O=C1C=CC2CCC1C1OC21. The molecule has 0 amide bonds. The summed E-state index contributed by atoms with van der Waals surface area (Å²) in [6.07, 6.45) is 6.68. The van der Waals surface area contributed by atoms with Gasteiger partial charge in [0, 0.05) is 5.92 Å². The molecule has 2 nitrogen and oxygen atoms in total. The second kappa shape index (κ2) is 1.75. The topological polar surface area (TPSA) is 29.6 Å². The third-order valence-electron chi connectivity index (χ3n) is 3.06. The molecule has 4 rings (SSSR count). The standard InChI is InChI=1S/C9H10O2/c10-7-4-2-5-1-3-6(7)9-8(5)11-9/h2,4-6,8-9H,1,3H2. The summed E-state index contributed by atoms with van der Waals surface area (Å²) < 4.78 is 5.44. The molecule has 2 fully saturated rings. The second-order valence-electron chi connectivity index (χ2n) is 3.67. The van der Waals surface area contributed by atoms with Crippen LogP contribution in [0.1, 0.15) is 12.8 Å². The smallest absolute Gasteiger partial charge is 0.161 e. The lowest BCUT2D eigenvalue weighted by atomic mass is 9.83. The Bertz CT molecular complexity index is 244. The molecule has 0 spiro atoms. The first kappa shape index (κ1) is 5.95. The van der Waals surface area contributed by atoms with Gasteiger partial charge < -0.3 is 4.74 Å². The van der Waals surface area contributed by atoms with Crippen molar-refractivity contribution in [2.24, 2.45) is 11.8 Å². The Kier molecular flexibility index (Phi) is 0.946. The molecular formula is C9H10O2. The molecule has 1 aliphatic heterocycles. The van der Waals surface area contributed by atoms with Gasteiger partial charge >= 0.3 is 0 Å². The Balaban J connectivity index is 2.04. The number of hydrogen-bond acceptors (Lipinski definition) is 2. The van der Waals surface area contributed by atoms with E-state index < -0.39 is 0 Å². The van der Waals surface area contributed by atoms with Crippen molar-refractivity contribution < 1.29 is 9.53 Å². The van der Waals surface area contributed by atoms with Crippen molar-refractivity contribution in [1.82, 2.24) is 0 Å². The normalized spacial score (nSPS) is 52.2. The molecule has 58 valence electrons. The highest BCUT2D eigenvalue weighted by Crippen LogP contribution is 2.47. The molecule has 3 aliphatic carbocycles. The number of ether oxygens (including phenoxy) is 1. The van der Waals surface area contributed by atoms with Gasteiger partial charge in [-0.15, -0.1) is 0 Å². The number of carbonyl (C=O) groups is 1. The number of fused-ring (bicyclic) bond motifs is 2. The van der Waals surface area contributed by atoms with Crippen LogP contribution in [0.5, 0.6) is 0 Å². The van der Waals surface area contributed by atoms with Crippen molar-refractivity contribution in [3.05, 3.63) is 12.2 Å². The minimum Gasteiger partial charge on any atom is -0.368 e. The van der Waals surface area contributed by atoms with E-state index in [2.05, 4.69) is 0 Å². The lowest BCUT2D eigenvalue weighted by molar-refractivity contribution is -0.118. The largest absolute Gasteiger partial charge is 0.368 e. The fourth-order valence-corrected chi connectivity index (χ4v) is 2.36. The molecule has 1 saturated carbocycles. The molecule has 1 saturated heterocycles. The molecule has 4 unspecified atom stereocenters. The van der Waals surface area contributed by atoms with Crippen molar-refractivity contribution in [1.29, 1.82) is 0 Å². The van der Waals surface area contributed by atoms with Crippen LogP contribution in [0.4, 0.5) is 0 Å². The van der Waals surface area contributed by atoms with Gasteiger partial charge in [0.1, 0.15) is 0 Å². The van der Waals surface area contributed by atoms with Crippen LogP contribution in [0.15, 0.2) is 12.2 Å². The highest BCUT2D eigenvalue weighted by Gasteiger charge is 2.55. The van der Waals surface area contributed by atoms with Crippen LogP contribution >= 0.6 is 0 Å². The summed E-state index contributed by atoms with van der Waals surface area (Å²) in [5.74, 6) is 1.04. The van der Waals surface area contributed by atoms with E-state index in [0.717, 1.165) is 12.8 Å². The van der Waals surface area contributed by atoms with E-state index >= 15 is 0 Å². The number of ketones is 1. The zero-order valence-electron chi connectivity index (χ0n) is 6.19. The average Bonchev–Trinajstić information content (AvgIpc) is 2.74. The van der Waals surface area contributed by atoms with Gasteiger partial charge in [-0.3, -0.25) is 4.79 Å². The highest BCUT2D eigenvalue weighted by atomic mass is 16.6. The Morgan fingerprint density at radius 1 is 1.36 bits per heavy atom. The Morgan fingerprint density at radius 3 is 3.18 bits per heavy atom. The van der Waals surface area contributed by atoms with Crippen LogP contribution in [0.25, 0.3) is 0 Å². The molecule has 0 radical (unpaired) electrons. The van der Waals surface area contributed by atoms with Crippen molar-refractivity contribution in [3.8, 4) is 0 Å². The number of carbonyl (C=O) groups excluding carboxylic acids is 1. The maximum Gasteiger partial charge on any atom is 0.161 e. The molecule has 0 aromatic heterocycles. The van der Waals surface area contributed by atoms with Crippen LogP contribution < -0.4 is 0 Å². The van der Waals surface area contributed by atoms with Crippen LogP contribution in [-0.2, 0) is 9.53 Å². The number of allylic oxidation sites excluding steroid dienone is 1. The second-order valence-corrected chi connectivity index (χ2v) is 3.67. The van der Waals surface area contributed by atoms with Crippen LogP contribution in [0.3, 0.4) is 0 Å². The van der Waals surface area contributed by atoms with Gasteiger partial charge in [-0.1, -0.05) is 6.08 Å². The first-order chi connectivity index (χ1) is 5.36. The van der Waals surface area contributed by atoms with Gasteiger partial charge in [0.05, 0.1) is 18.1 Å². The average molecular weight is 150 g/mol. The lowest BCUT2D eigenvalue weighted by Gasteiger charge is -2.16. The van der Waals surface area contributed by atoms with Crippen molar-refractivity contribution >= 4 is 5.78 Å². The first-order valence-electron chi connectivity index (χ1n) is 4.24. The predicted octanol–water partition coefficient (Wildman–Crippen LogP) is 0.919.